The van der Waals surface area contributed by atoms with Gasteiger partial charge in [-0.2, -0.15) is 0 Å². The first-order chi connectivity index (χ1) is 8.19. The SMILES string of the molecule is CCOC(=O)NNc1nc2ccc(F)cc2s1. The average Bonchev–Trinajstić information content (AvgIpc) is 2.68. The molecule has 2 aromatic rings. The van der Waals surface area contributed by atoms with Crippen molar-refractivity contribution in [3.05, 3.63) is 24.0 Å². The van der Waals surface area contributed by atoms with Crippen LogP contribution in [0.1, 0.15) is 6.92 Å². The van der Waals surface area contributed by atoms with Gasteiger partial charge in [-0.3, -0.25) is 5.43 Å². The molecule has 5 nitrogen and oxygen atoms in total. The van der Waals surface area contributed by atoms with Crippen molar-refractivity contribution < 1.29 is 13.9 Å². The molecule has 2 N–H and O–H groups in total. The molecule has 90 valence electrons. The maximum absolute atomic E-state index is 12.9. The third-order valence-corrected chi connectivity index (χ3v) is 2.83. The zero-order valence-electron chi connectivity index (χ0n) is 8.99. The van der Waals surface area contributed by atoms with E-state index in [1.54, 1.807) is 13.0 Å². The van der Waals surface area contributed by atoms with E-state index in [1.165, 1.54) is 23.5 Å². The number of carbonyl (C=O) groups excluding carboxylic acids is 1. The largest absolute Gasteiger partial charge is 0.449 e. The first kappa shape index (κ1) is 11.6. The number of nitrogens with one attached hydrogen (secondary N) is 2. The van der Waals surface area contributed by atoms with Crippen LogP contribution in [0.5, 0.6) is 0 Å². The van der Waals surface area contributed by atoms with Gasteiger partial charge in [-0.15, -0.1) is 0 Å². The number of fused-ring (bicyclic) bond motifs is 1. The second-order valence-corrected chi connectivity index (χ2v) is 4.13. The Hall–Kier alpha value is -1.89. The lowest BCUT2D eigenvalue weighted by Crippen LogP contribution is -2.29. The Morgan fingerprint density at radius 1 is 1.59 bits per heavy atom. The molecule has 0 aliphatic carbocycles. The van der Waals surface area contributed by atoms with Gasteiger partial charge >= 0.3 is 6.09 Å². The lowest BCUT2D eigenvalue weighted by atomic mass is 10.3. The monoisotopic (exact) mass is 255 g/mol. The highest BCUT2D eigenvalue weighted by Gasteiger charge is 2.05. The van der Waals surface area contributed by atoms with Crippen LogP contribution in [-0.2, 0) is 4.74 Å². The number of thiazole rings is 1. The maximum atomic E-state index is 12.9. The standard InChI is InChI=1S/C10H10FN3O2S/c1-2-16-10(15)14-13-9-12-7-4-3-6(11)5-8(7)17-9/h3-5H,2H2,1H3,(H,12,13)(H,14,15). The van der Waals surface area contributed by atoms with Gasteiger partial charge in [-0.05, 0) is 25.1 Å². The number of nitrogens with zero attached hydrogens (tertiary/aromatic N) is 1. The Bertz CT molecular complexity index is 543. The van der Waals surface area contributed by atoms with Crippen LogP contribution in [0.4, 0.5) is 14.3 Å². The number of hydrogen-bond donors (Lipinski definition) is 2. The Morgan fingerprint density at radius 2 is 2.41 bits per heavy atom. The Morgan fingerprint density at radius 3 is 3.18 bits per heavy atom. The van der Waals surface area contributed by atoms with Crippen LogP contribution in [-0.4, -0.2) is 17.7 Å². The topological polar surface area (TPSA) is 63.2 Å². The summed E-state index contributed by atoms with van der Waals surface area (Å²) < 4.78 is 18.3. The minimum Gasteiger partial charge on any atom is -0.449 e. The van der Waals surface area contributed by atoms with Gasteiger partial charge in [0.25, 0.3) is 0 Å². The van der Waals surface area contributed by atoms with Gasteiger partial charge in [0.05, 0.1) is 16.8 Å². The number of carbonyl (C=O) groups is 1. The average molecular weight is 255 g/mol. The van der Waals surface area contributed by atoms with Crippen molar-refractivity contribution in [2.45, 2.75) is 6.92 Å². The van der Waals surface area contributed by atoms with Crippen LogP contribution in [0.2, 0.25) is 0 Å². The van der Waals surface area contributed by atoms with Crippen LogP contribution in [0.3, 0.4) is 0 Å². The van der Waals surface area contributed by atoms with Crippen molar-refractivity contribution >= 4 is 32.8 Å². The van der Waals surface area contributed by atoms with Crippen molar-refractivity contribution in [1.29, 1.82) is 0 Å². The van der Waals surface area contributed by atoms with E-state index in [4.69, 9.17) is 0 Å². The van der Waals surface area contributed by atoms with E-state index < -0.39 is 6.09 Å². The summed E-state index contributed by atoms with van der Waals surface area (Å²) in [5, 5.41) is 0.471. The fourth-order valence-corrected chi connectivity index (χ4v) is 2.07. The third-order valence-electron chi connectivity index (χ3n) is 1.90. The van der Waals surface area contributed by atoms with Gasteiger partial charge < -0.3 is 4.74 Å². The van der Waals surface area contributed by atoms with Crippen molar-refractivity contribution in [2.75, 3.05) is 12.0 Å². The Labute approximate surface area is 101 Å². The molecule has 1 heterocycles. The van der Waals surface area contributed by atoms with Crippen LogP contribution >= 0.6 is 11.3 Å². The second-order valence-electron chi connectivity index (χ2n) is 3.10. The molecule has 17 heavy (non-hydrogen) atoms. The van der Waals surface area contributed by atoms with E-state index in [9.17, 15) is 9.18 Å². The number of hydrogen-bond acceptors (Lipinski definition) is 5. The summed E-state index contributed by atoms with van der Waals surface area (Å²) in [7, 11) is 0. The summed E-state index contributed by atoms with van der Waals surface area (Å²) >= 11 is 1.24. The first-order valence-corrected chi connectivity index (χ1v) is 5.75. The maximum Gasteiger partial charge on any atom is 0.425 e. The zero-order chi connectivity index (χ0) is 12.3. The number of aromatic nitrogens is 1. The summed E-state index contributed by atoms with van der Waals surface area (Å²) in [6, 6.07) is 4.31. The van der Waals surface area contributed by atoms with Gasteiger partial charge in [0.15, 0.2) is 0 Å². The predicted molar refractivity (Wildman–Crippen MR) is 63.4 cm³/mol. The molecule has 0 aliphatic heterocycles. The van der Waals surface area contributed by atoms with Gasteiger partial charge in [0, 0.05) is 0 Å². The summed E-state index contributed by atoms with van der Waals surface area (Å²) in [6.07, 6.45) is -0.585. The van der Waals surface area contributed by atoms with E-state index in [-0.39, 0.29) is 5.82 Å². The molecule has 0 saturated heterocycles. The zero-order valence-corrected chi connectivity index (χ0v) is 9.81. The van der Waals surface area contributed by atoms with E-state index >= 15 is 0 Å². The molecule has 0 radical (unpaired) electrons. The normalized spacial score (nSPS) is 10.2. The van der Waals surface area contributed by atoms with Gasteiger partial charge in [0.1, 0.15) is 5.82 Å². The molecule has 1 aromatic heterocycles. The summed E-state index contributed by atoms with van der Waals surface area (Å²) in [4.78, 5) is 15.2. The fraction of sp³-hybridized carbons (Fsp3) is 0.200. The van der Waals surface area contributed by atoms with Crippen LogP contribution in [0.25, 0.3) is 10.2 Å². The second kappa shape index (κ2) is 4.96. The summed E-state index contributed by atoms with van der Waals surface area (Å²) in [6.45, 7) is 2.00. The molecule has 0 saturated carbocycles. The number of amides is 1. The molecule has 7 heteroatoms. The van der Waals surface area contributed by atoms with E-state index in [0.717, 1.165) is 0 Å². The molecule has 0 bridgehead atoms. The molecule has 0 spiro atoms. The number of benzene rings is 1. The highest BCUT2D eigenvalue weighted by molar-refractivity contribution is 7.22. The third kappa shape index (κ3) is 2.82. The molecule has 2 rings (SSSR count). The fourth-order valence-electron chi connectivity index (χ4n) is 1.22. The molecule has 0 atom stereocenters. The Kier molecular flexibility index (Phi) is 3.38. The van der Waals surface area contributed by atoms with Crippen LogP contribution in [0.15, 0.2) is 18.2 Å². The van der Waals surface area contributed by atoms with Crippen molar-refractivity contribution in [1.82, 2.24) is 10.4 Å². The predicted octanol–water partition coefficient (Wildman–Crippen LogP) is 2.51. The number of rotatable bonds is 3. The summed E-state index contributed by atoms with van der Waals surface area (Å²) in [5.41, 5.74) is 5.59. The van der Waals surface area contributed by atoms with Crippen molar-refractivity contribution in [3.8, 4) is 0 Å². The van der Waals surface area contributed by atoms with E-state index in [1.807, 2.05) is 0 Å². The number of anilines is 1. The molecular weight excluding hydrogens is 245 g/mol. The van der Waals surface area contributed by atoms with E-state index in [2.05, 4.69) is 20.6 Å². The first-order valence-electron chi connectivity index (χ1n) is 4.94. The molecule has 0 unspecified atom stereocenters. The van der Waals surface area contributed by atoms with Gasteiger partial charge in [0.2, 0.25) is 5.13 Å². The van der Waals surface area contributed by atoms with Crippen LogP contribution < -0.4 is 10.9 Å². The minimum absolute atomic E-state index is 0.290. The molecule has 0 aliphatic rings. The lowest BCUT2D eigenvalue weighted by molar-refractivity contribution is 0.154. The highest BCUT2D eigenvalue weighted by Crippen LogP contribution is 2.25. The highest BCUT2D eigenvalue weighted by atomic mass is 32.1. The van der Waals surface area contributed by atoms with E-state index in [0.29, 0.717) is 22.0 Å². The smallest absolute Gasteiger partial charge is 0.425 e. The lowest BCUT2D eigenvalue weighted by Gasteiger charge is -2.04. The molecule has 1 amide bonds. The number of halogens is 1. The minimum atomic E-state index is -0.585. The molecule has 0 fully saturated rings. The Balaban J connectivity index is 2.07. The van der Waals surface area contributed by atoms with Gasteiger partial charge in [-0.25, -0.2) is 19.6 Å². The van der Waals surface area contributed by atoms with Gasteiger partial charge in [-0.1, -0.05) is 11.3 Å². The summed E-state index contributed by atoms with van der Waals surface area (Å²) in [5.74, 6) is -0.314. The number of ether oxygens (including phenoxy) is 1. The van der Waals surface area contributed by atoms with Crippen molar-refractivity contribution in [2.24, 2.45) is 0 Å². The number of hydrazine groups is 1. The van der Waals surface area contributed by atoms with Crippen LogP contribution in [0, 0.1) is 5.82 Å². The van der Waals surface area contributed by atoms with Crippen molar-refractivity contribution in [3.63, 3.8) is 0 Å². The quantitative estimate of drug-likeness (QED) is 0.827. The molecule has 1 aromatic carbocycles. The molecular formula is C10H10FN3O2S.